The van der Waals surface area contributed by atoms with Crippen molar-refractivity contribution in [1.82, 2.24) is 4.98 Å². The predicted octanol–water partition coefficient (Wildman–Crippen LogP) is 7.48. The van der Waals surface area contributed by atoms with Gasteiger partial charge in [-0.2, -0.15) is 0 Å². The summed E-state index contributed by atoms with van der Waals surface area (Å²) in [6.07, 6.45) is 18.7. The van der Waals surface area contributed by atoms with Crippen LogP contribution in [0.15, 0.2) is 36.5 Å². The van der Waals surface area contributed by atoms with Gasteiger partial charge in [-0.05, 0) is 18.6 Å². The summed E-state index contributed by atoms with van der Waals surface area (Å²) in [7, 11) is 0. The number of unbranched alkanes of at least 4 members (excludes halogenated alkanes) is 12. The monoisotopic (exact) mass is 383 g/mol. The normalized spacial score (nSPS) is 11.0. The largest absolute Gasteiger partial charge is 0.462 e. The summed E-state index contributed by atoms with van der Waals surface area (Å²) in [6, 6.07) is 9.66. The fourth-order valence-corrected chi connectivity index (χ4v) is 3.55. The molecular weight excluding hydrogens is 346 g/mol. The molecule has 154 valence electrons. The Morgan fingerprint density at radius 3 is 2.04 bits per heavy atom. The highest BCUT2D eigenvalue weighted by atomic mass is 16.5. The molecule has 3 nitrogen and oxygen atoms in total. The van der Waals surface area contributed by atoms with Crippen LogP contribution in [0.5, 0.6) is 0 Å². The molecule has 1 aromatic heterocycles. The van der Waals surface area contributed by atoms with Gasteiger partial charge in [-0.1, -0.05) is 102 Å². The van der Waals surface area contributed by atoms with Crippen molar-refractivity contribution in [3.63, 3.8) is 0 Å². The van der Waals surface area contributed by atoms with Crippen molar-refractivity contribution < 1.29 is 9.53 Å². The number of para-hydroxylation sites is 1. The maximum absolute atomic E-state index is 12.1. The number of fused-ring (bicyclic) bond motifs is 1. The molecule has 2 rings (SSSR count). The zero-order valence-corrected chi connectivity index (χ0v) is 17.6. The van der Waals surface area contributed by atoms with Gasteiger partial charge >= 0.3 is 5.97 Å². The van der Waals surface area contributed by atoms with Crippen LogP contribution in [0, 0.1) is 0 Å². The minimum Gasteiger partial charge on any atom is -0.462 e. The van der Waals surface area contributed by atoms with Crippen molar-refractivity contribution in [3.05, 3.63) is 42.1 Å². The van der Waals surface area contributed by atoms with Crippen LogP contribution in [0.3, 0.4) is 0 Å². The van der Waals surface area contributed by atoms with Crippen LogP contribution in [-0.2, 0) is 4.74 Å². The van der Waals surface area contributed by atoms with Gasteiger partial charge in [-0.3, -0.25) is 4.98 Å². The molecule has 0 N–H and O–H groups in total. The first kappa shape index (κ1) is 22.4. The van der Waals surface area contributed by atoms with Crippen LogP contribution < -0.4 is 0 Å². The second-order valence-corrected chi connectivity index (χ2v) is 7.80. The fraction of sp³-hybridized carbons (Fsp3) is 0.600. The number of hydrogen-bond acceptors (Lipinski definition) is 3. The van der Waals surface area contributed by atoms with Crippen LogP contribution >= 0.6 is 0 Å². The molecule has 0 aliphatic heterocycles. The van der Waals surface area contributed by atoms with Gasteiger partial charge in [0.2, 0.25) is 0 Å². The van der Waals surface area contributed by atoms with Crippen molar-refractivity contribution in [2.75, 3.05) is 6.61 Å². The first-order chi connectivity index (χ1) is 13.8. The molecule has 2 aromatic rings. The standard InChI is InChI=1S/C25H37NO2/c1-2-3-4-5-6-7-8-9-10-11-12-13-16-19-28-25(27)23-20-22-17-14-15-18-24(22)26-21-23/h14-15,17-18,20-21H,2-13,16,19H2,1H3. The van der Waals surface area contributed by atoms with Gasteiger partial charge in [0, 0.05) is 11.6 Å². The summed E-state index contributed by atoms with van der Waals surface area (Å²) in [5.74, 6) is -0.266. The number of hydrogen-bond donors (Lipinski definition) is 0. The molecule has 0 aliphatic carbocycles. The molecule has 0 radical (unpaired) electrons. The fourth-order valence-electron chi connectivity index (χ4n) is 3.55. The van der Waals surface area contributed by atoms with E-state index in [0.717, 1.165) is 23.7 Å². The van der Waals surface area contributed by atoms with Gasteiger partial charge in [-0.15, -0.1) is 0 Å². The van der Waals surface area contributed by atoms with Crippen molar-refractivity contribution in [1.29, 1.82) is 0 Å². The van der Waals surface area contributed by atoms with E-state index in [1.165, 1.54) is 70.6 Å². The van der Waals surface area contributed by atoms with E-state index in [1.807, 2.05) is 30.3 Å². The molecule has 0 amide bonds. The van der Waals surface area contributed by atoms with E-state index in [4.69, 9.17) is 4.74 Å². The molecule has 0 saturated carbocycles. The lowest BCUT2D eigenvalue weighted by Gasteiger charge is -2.06. The van der Waals surface area contributed by atoms with E-state index >= 15 is 0 Å². The number of aromatic nitrogens is 1. The predicted molar refractivity (Wildman–Crippen MR) is 118 cm³/mol. The highest BCUT2D eigenvalue weighted by Gasteiger charge is 2.08. The van der Waals surface area contributed by atoms with E-state index in [1.54, 1.807) is 6.20 Å². The smallest absolute Gasteiger partial charge is 0.339 e. The first-order valence-corrected chi connectivity index (χ1v) is 11.3. The minimum atomic E-state index is -0.266. The highest BCUT2D eigenvalue weighted by molar-refractivity contribution is 5.93. The number of ether oxygens (including phenoxy) is 1. The topological polar surface area (TPSA) is 39.2 Å². The third-order valence-corrected chi connectivity index (χ3v) is 5.31. The Bertz CT molecular complexity index is 683. The lowest BCUT2D eigenvalue weighted by atomic mass is 10.0. The molecule has 1 aromatic carbocycles. The van der Waals surface area contributed by atoms with Gasteiger partial charge < -0.3 is 4.74 Å². The van der Waals surface area contributed by atoms with Gasteiger partial charge in [0.15, 0.2) is 0 Å². The molecule has 3 heteroatoms. The maximum atomic E-state index is 12.1. The Labute approximate surface area is 170 Å². The van der Waals surface area contributed by atoms with E-state index in [9.17, 15) is 4.79 Å². The second kappa shape index (κ2) is 14.1. The third kappa shape index (κ3) is 8.86. The molecule has 0 bridgehead atoms. The van der Waals surface area contributed by atoms with Crippen molar-refractivity contribution in [3.8, 4) is 0 Å². The summed E-state index contributed by atoms with van der Waals surface area (Å²) < 4.78 is 5.40. The zero-order chi connectivity index (χ0) is 19.9. The Morgan fingerprint density at radius 2 is 1.39 bits per heavy atom. The van der Waals surface area contributed by atoms with E-state index in [2.05, 4.69) is 11.9 Å². The van der Waals surface area contributed by atoms with E-state index in [-0.39, 0.29) is 5.97 Å². The molecule has 0 atom stereocenters. The Morgan fingerprint density at radius 1 is 0.821 bits per heavy atom. The quantitative estimate of drug-likeness (QED) is 0.236. The molecular formula is C25H37NO2. The second-order valence-electron chi connectivity index (χ2n) is 7.80. The van der Waals surface area contributed by atoms with E-state index in [0.29, 0.717) is 12.2 Å². The van der Waals surface area contributed by atoms with E-state index < -0.39 is 0 Å². The number of carbonyl (C=O) groups excluding carboxylic acids is 1. The number of esters is 1. The SMILES string of the molecule is CCCCCCCCCCCCCCCOC(=O)c1cnc2ccccc2c1. The third-order valence-electron chi connectivity index (χ3n) is 5.31. The van der Waals surface area contributed by atoms with Crippen LogP contribution in [0.4, 0.5) is 0 Å². The van der Waals surface area contributed by atoms with Crippen molar-refractivity contribution in [2.24, 2.45) is 0 Å². The number of pyridine rings is 1. The molecule has 0 spiro atoms. The Balaban J connectivity index is 1.44. The highest BCUT2D eigenvalue weighted by Crippen LogP contribution is 2.14. The Kier molecular flexibility index (Phi) is 11.3. The van der Waals surface area contributed by atoms with Gasteiger partial charge in [0.1, 0.15) is 0 Å². The summed E-state index contributed by atoms with van der Waals surface area (Å²) in [4.78, 5) is 16.5. The van der Waals surface area contributed by atoms with Gasteiger partial charge in [-0.25, -0.2) is 4.79 Å². The first-order valence-electron chi connectivity index (χ1n) is 11.3. The molecule has 28 heavy (non-hydrogen) atoms. The average molecular weight is 384 g/mol. The van der Waals surface area contributed by atoms with Gasteiger partial charge in [0.05, 0.1) is 17.7 Å². The summed E-state index contributed by atoms with van der Waals surface area (Å²) in [6.45, 7) is 2.77. The number of carbonyl (C=O) groups is 1. The number of nitrogens with zero attached hydrogens (tertiary/aromatic N) is 1. The molecule has 0 unspecified atom stereocenters. The summed E-state index contributed by atoms with van der Waals surface area (Å²) >= 11 is 0. The minimum absolute atomic E-state index is 0.266. The number of rotatable bonds is 15. The van der Waals surface area contributed by atoms with Crippen molar-refractivity contribution >= 4 is 16.9 Å². The van der Waals surface area contributed by atoms with Crippen LogP contribution in [0.2, 0.25) is 0 Å². The summed E-state index contributed by atoms with van der Waals surface area (Å²) in [5.41, 5.74) is 1.43. The lowest BCUT2D eigenvalue weighted by Crippen LogP contribution is -2.07. The average Bonchev–Trinajstić information content (AvgIpc) is 2.73. The number of benzene rings is 1. The van der Waals surface area contributed by atoms with Crippen molar-refractivity contribution in [2.45, 2.75) is 90.4 Å². The summed E-state index contributed by atoms with van der Waals surface area (Å²) in [5, 5.41) is 0.970. The van der Waals surface area contributed by atoms with Gasteiger partial charge in [0.25, 0.3) is 0 Å². The molecule has 0 saturated heterocycles. The van der Waals surface area contributed by atoms with Crippen LogP contribution in [0.1, 0.15) is 101 Å². The maximum Gasteiger partial charge on any atom is 0.339 e. The lowest BCUT2D eigenvalue weighted by molar-refractivity contribution is 0.0497. The zero-order valence-electron chi connectivity index (χ0n) is 17.6. The van der Waals surface area contributed by atoms with Crippen LogP contribution in [0.25, 0.3) is 10.9 Å². The Hall–Kier alpha value is -1.90. The molecule has 1 heterocycles. The molecule has 0 aliphatic rings. The van der Waals surface area contributed by atoms with Crippen LogP contribution in [-0.4, -0.2) is 17.6 Å². The molecule has 0 fully saturated rings.